The maximum Gasteiger partial charge on any atom is 0.115 e. The Balaban J connectivity index is 0.000000606. The lowest BCUT2D eigenvalue weighted by atomic mass is 10.1. The Morgan fingerprint density at radius 3 is 2.06 bits per heavy atom. The van der Waals surface area contributed by atoms with Gasteiger partial charge in [-0.15, -0.1) is 0 Å². The lowest BCUT2D eigenvalue weighted by Gasteiger charge is -1.96. The first kappa shape index (κ1) is 12.9. The van der Waals surface area contributed by atoms with Crippen molar-refractivity contribution in [3.05, 3.63) is 34.4 Å². The molecule has 0 aliphatic heterocycles. The fourth-order valence-electron chi connectivity index (χ4n) is 1.38. The fourth-order valence-corrected chi connectivity index (χ4v) is 1.64. The normalized spacial score (nSPS) is 9.56. The molecule has 0 saturated heterocycles. The molecule has 0 radical (unpaired) electrons. The molecular formula is C12H16BrN3. The minimum absolute atomic E-state index is 0.944. The van der Waals surface area contributed by atoms with Gasteiger partial charge in [0.25, 0.3) is 0 Å². The highest BCUT2D eigenvalue weighted by Crippen LogP contribution is 2.21. The molecule has 0 spiro atoms. The van der Waals surface area contributed by atoms with Crippen LogP contribution in [0.5, 0.6) is 0 Å². The number of halogens is 1. The quantitative estimate of drug-likeness (QED) is 0.800. The fraction of sp³-hybridized carbons (Fsp3) is 0.333. The summed E-state index contributed by atoms with van der Waals surface area (Å²) in [4.78, 5) is 1.59. The molecule has 2 aromatic rings. The van der Waals surface area contributed by atoms with Crippen molar-refractivity contribution in [1.82, 2.24) is 15.0 Å². The Morgan fingerprint density at radius 1 is 1.06 bits per heavy atom. The average molecular weight is 282 g/mol. The molecule has 0 unspecified atom stereocenters. The van der Waals surface area contributed by atoms with E-state index in [1.165, 1.54) is 0 Å². The Labute approximate surface area is 105 Å². The number of aromatic nitrogens is 3. The first-order chi connectivity index (χ1) is 7.66. The second-order valence-corrected chi connectivity index (χ2v) is 4.05. The van der Waals surface area contributed by atoms with Gasteiger partial charge in [-0.25, -0.2) is 0 Å². The average Bonchev–Trinajstić information content (AvgIpc) is 2.62. The van der Waals surface area contributed by atoms with Crippen LogP contribution in [-0.4, -0.2) is 15.0 Å². The SMILES string of the molecule is CC.Cc1nn(C)nc1-c1ccc(Br)cc1. The van der Waals surface area contributed by atoms with Crippen LogP contribution in [0, 0.1) is 6.92 Å². The lowest BCUT2D eigenvalue weighted by Crippen LogP contribution is -1.91. The van der Waals surface area contributed by atoms with E-state index >= 15 is 0 Å². The van der Waals surface area contributed by atoms with Gasteiger partial charge in [-0.05, 0) is 19.1 Å². The Kier molecular flexibility index (Phi) is 4.68. The van der Waals surface area contributed by atoms with Gasteiger partial charge in [0.2, 0.25) is 0 Å². The standard InChI is InChI=1S/C10H10BrN3.C2H6/c1-7-10(13-14(2)12-7)8-3-5-9(11)6-4-8;1-2/h3-6H,1-2H3;1-2H3. The molecule has 1 aromatic carbocycles. The summed E-state index contributed by atoms with van der Waals surface area (Å²) in [6, 6.07) is 8.06. The number of hydrogen-bond acceptors (Lipinski definition) is 2. The van der Waals surface area contributed by atoms with E-state index in [0.29, 0.717) is 0 Å². The summed E-state index contributed by atoms with van der Waals surface area (Å²) in [6.45, 7) is 5.96. The zero-order valence-electron chi connectivity index (χ0n) is 10.0. The monoisotopic (exact) mass is 281 g/mol. The molecule has 0 atom stereocenters. The molecule has 86 valence electrons. The van der Waals surface area contributed by atoms with Crippen molar-refractivity contribution >= 4 is 15.9 Å². The summed E-state index contributed by atoms with van der Waals surface area (Å²) in [6.07, 6.45) is 0. The van der Waals surface area contributed by atoms with Gasteiger partial charge >= 0.3 is 0 Å². The van der Waals surface area contributed by atoms with Gasteiger partial charge in [-0.3, -0.25) is 0 Å². The zero-order valence-corrected chi connectivity index (χ0v) is 11.6. The van der Waals surface area contributed by atoms with Crippen molar-refractivity contribution in [2.45, 2.75) is 20.8 Å². The minimum Gasteiger partial charge on any atom is -0.187 e. The molecule has 0 amide bonds. The van der Waals surface area contributed by atoms with Crippen LogP contribution in [0.4, 0.5) is 0 Å². The van der Waals surface area contributed by atoms with Crippen molar-refractivity contribution < 1.29 is 0 Å². The first-order valence-corrected chi connectivity index (χ1v) is 6.10. The van der Waals surface area contributed by atoms with Crippen molar-refractivity contribution in [3.8, 4) is 11.3 Å². The van der Waals surface area contributed by atoms with Crippen LogP contribution in [-0.2, 0) is 7.05 Å². The van der Waals surface area contributed by atoms with E-state index in [0.717, 1.165) is 21.4 Å². The van der Waals surface area contributed by atoms with Crippen LogP contribution in [0.15, 0.2) is 28.7 Å². The van der Waals surface area contributed by atoms with Crippen molar-refractivity contribution in [2.24, 2.45) is 7.05 Å². The van der Waals surface area contributed by atoms with Crippen molar-refractivity contribution in [2.75, 3.05) is 0 Å². The Bertz CT molecular complexity index is 446. The van der Waals surface area contributed by atoms with Crippen molar-refractivity contribution in [3.63, 3.8) is 0 Å². The summed E-state index contributed by atoms with van der Waals surface area (Å²) in [5.41, 5.74) is 2.99. The number of aryl methyl sites for hydroxylation is 2. The molecular weight excluding hydrogens is 266 g/mol. The molecule has 16 heavy (non-hydrogen) atoms. The summed E-state index contributed by atoms with van der Waals surface area (Å²) in [5.74, 6) is 0. The third kappa shape index (κ3) is 2.92. The molecule has 0 N–H and O–H groups in total. The minimum atomic E-state index is 0.944. The zero-order chi connectivity index (χ0) is 12.1. The van der Waals surface area contributed by atoms with Crippen LogP contribution in [0.2, 0.25) is 0 Å². The van der Waals surface area contributed by atoms with Crippen LogP contribution in [0.25, 0.3) is 11.3 Å². The van der Waals surface area contributed by atoms with Gasteiger partial charge in [0, 0.05) is 17.1 Å². The topological polar surface area (TPSA) is 30.7 Å². The maximum absolute atomic E-state index is 4.30. The predicted molar refractivity (Wildman–Crippen MR) is 70.2 cm³/mol. The third-order valence-electron chi connectivity index (χ3n) is 2.00. The molecule has 2 rings (SSSR count). The van der Waals surface area contributed by atoms with Crippen molar-refractivity contribution in [1.29, 1.82) is 0 Å². The first-order valence-electron chi connectivity index (χ1n) is 5.30. The van der Waals surface area contributed by atoms with Crippen LogP contribution in [0.1, 0.15) is 19.5 Å². The molecule has 4 heteroatoms. The number of hydrogen-bond donors (Lipinski definition) is 0. The Hall–Kier alpha value is -1.16. The second kappa shape index (κ2) is 5.80. The highest BCUT2D eigenvalue weighted by molar-refractivity contribution is 9.10. The van der Waals surface area contributed by atoms with E-state index < -0.39 is 0 Å². The molecule has 3 nitrogen and oxygen atoms in total. The van der Waals surface area contributed by atoms with E-state index in [-0.39, 0.29) is 0 Å². The summed E-state index contributed by atoms with van der Waals surface area (Å²) >= 11 is 3.40. The highest BCUT2D eigenvalue weighted by Gasteiger charge is 2.06. The molecule has 0 aliphatic carbocycles. The largest absolute Gasteiger partial charge is 0.187 e. The van der Waals surface area contributed by atoms with Crippen LogP contribution >= 0.6 is 15.9 Å². The van der Waals surface area contributed by atoms with Gasteiger partial charge in [-0.2, -0.15) is 15.0 Å². The summed E-state index contributed by atoms with van der Waals surface area (Å²) in [7, 11) is 1.83. The third-order valence-corrected chi connectivity index (χ3v) is 2.53. The predicted octanol–water partition coefficient (Wildman–Crippen LogP) is 3.58. The number of nitrogens with zero attached hydrogens (tertiary/aromatic N) is 3. The summed E-state index contributed by atoms with van der Waals surface area (Å²) in [5, 5.41) is 8.50. The molecule has 0 saturated carbocycles. The summed E-state index contributed by atoms with van der Waals surface area (Å²) < 4.78 is 1.07. The van der Waals surface area contributed by atoms with Crippen LogP contribution < -0.4 is 0 Å². The number of benzene rings is 1. The highest BCUT2D eigenvalue weighted by atomic mass is 79.9. The number of rotatable bonds is 1. The van der Waals surface area contributed by atoms with Gasteiger partial charge < -0.3 is 0 Å². The van der Waals surface area contributed by atoms with E-state index in [4.69, 9.17) is 0 Å². The van der Waals surface area contributed by atoms with Crippen LogP contribution in [0.3, 0.4) is 0 Å². The Morgan fingerprint density at radius 2 is 1.62 bits per heavy atom. The van der Waals surface area contributed by atoms with Gasteiger partial charge in [0.15, 0.2) is 0 Å². The maximum atomic E-state index is 4.30. The molecule has 0 fully saturated rings. The second-order valence-electron chi connectivity index (χ2n) is 3.13. The smallest absolute Gasteiger partial charge is 0.115 e. The molecule has 0 aliphatic rings. The molecule has 1 aromatic heterocycles. The van der Waals surface area contributed by atoms with Gasteiger partial charge in [-0.1, -0.05) is 41.9 Å². The van der Waals surface area contributed by atoms with Gasteiger partial charge in [0.1, 0.15) is 5.69 Å². The van der Waals surface area contributed by atoms with Gasteiger partial charge in [0.05, 0.1) is 5.69 Å². The van der Waals surface area contributed by atoms with E-state index in [1.54, 1.807) is 4.80 Å². The van der Waals surface area contributed by atoms with E-state index in [2.05, 4.69) is 26.1 Å². The van der Waals surface area contributed by atoms with E-state index in [9.17, 15) is 0 Å². The molecule has 0 bridgehead atoms. The lowest BCUT2D eigenvalue weighted by molar-refractivity contribution is 0.651. The van der Waals surface area contributed by atoms with E-state index in [1.807, 2.05) is 52.1 Å². The molecule has 1 heterocycles.